The highest BCUT2D eigenvalue weighted by Gasteiger charge is 2.53. The van der Waals surface area contributed by atoms with Crippen molar-refractivity contribution in [2.45, 2.75) is 70.2 Å². The third-order valence-electron chi connectivity index (χ3n) is 3.48. The van der Waals surface area contributed by atoms with E-state index < -0.39 is 42.6 Å². The first kappa shape index (κ1) is 16.2. The Morgan fingerprint density at radius 3 is 2.24 bits per heavy atom. The third-order valence-corrected chi connectivity index (χ3v) is 3.48. The Hall–Kier alpha value is -1.18. The molecule has 21 heavy (non-hydrogen) atoms. The van der Waals surface area contributed by atoms with E-state index in [-0.39, 0.29) is 19.4 Å². The van der Waals surface area contributed by atoms with Crippen molar-refractivity contribution in [3.05, 3.63) is 0 Å². The molecule has 0 aromatic carbocycles. The molecule has 2 fully saturated rings. The molecular weight excluding hydrogens is 280 g/mol. The molecule has 0 saturated carbocycles. The summed E-state index contributed by atoms with van der Waals surface area (Å²) in [6, 6.07) is 0. The highest BCUT2D eigenvalue weighted by atomic mass is 16.8. The third kappa shape index (κ3) is 3.72. The minimum Gasteiger partial charge on any atom is -0.455 e. The summed E-state index contributed by atoms with van der Waals surface area (Å²) in [4.78, 5) is 23.4. The number of aliphatic hydroxyl groups excluding tert-OH is 1. The Balaban J connectivity index is 2.07. The molecule has 0 unspecified atom stereocenters. The Morgan fingerprint density at radius 1 is 1.10 bits per heavy atom. The van der Waals surface area contributed by atoms with Crippen LogP contribution in [0.2, 0.25) is 0 Å². The van der Waals surface area contributed by atoms with Crippen LogP contribution in [0.25, 0.3) is 0 Å². The minimum atomic E-state index is -1.16. The molecule has 7 nitrogen and oxygen atoms in total. The molecule has 0 aliphatic carbocycles. The summed E-state index contributed by atoms with van der Waals surface area (Å²) in [6.07, 6.45) is -2.50. The number of hydrogen-bond donors (Lipinski definition) is 1. The SMILES string of the molecule is CCCC(=O)O[C@@H]1[C@@H](O)[C@@H]2OC[C@@H](O2)[C@@H]1OC(=O)CCC. The fourth-order valence-corrected chi connectivity index (χ4v) is 2.46. The quantitative estimate of drug-likeness (QED) is 0.715. The maximum Gasteiger partial charge on any atom is 0.306 e. The Bertz CT molecular complexity index is 364. The second kappa shape index (κ2) is 7.20. The van der Waals surface area contributed by atoms with Crippen molar-refractivity contribution in [3.8, 4) is 0 Å². The number of carbonyl (C=O) groups is 2. The zero-order valence-electron chi connectivity index (χ0n) is 12.3. The molecule has 0 spiro atoms. The van der Waals surface area contributed by atoms with Crippen LogP contribution in [0, 0.1) is 0 Å². The molecule has 0 amide bonds. The van der Waals surface area contributed by atoms with E-state index in [1.807, 2.05) is 13.8 Å². The van der Waals surface area contributed by atoms with Crippen LogP contribution in [0.15, 0.2) is 0 Å². The van der Waals surface area contributed by atoms with Gasteiger partial charge in [0.1, 0.15) is 12.2 Å². The number of rotatable bonds is 6. The number of esters is 2. The average Bonchev–Trinajstić information content (AvgIpc) is 2.87. The monoisotopic (exact) mass is 302 g/mol. The Morgan fingerprint density at radius 2 is 1.67 bits per heavy atom. The van der Waals surface area contributed by atoms with Gasteiger partial charge in [-0.2, -0.15) is 0 Å². The summed E-state index contributed by atoms with van der Waals surface area (Å²) in [5.74, 6) is -0.834. The average molecular weight is 302 g/mol. The van der Waals surface area contributed by atoms with E-state index in [0.717, 1.165) is 0 Å². The van der Waals surface area contributed by atoms with Gasteiger partial charge in [-0.25, -0.2) is 0 Å². The number of fused-ring (bicyclic) bond motifs is 2. The first-order valence-corrected chi connectivity index (χ1v) is 7.40. The first-order valence-electron chi connectivity index (χ1n) is 7.40. The van der Waals surface area contributed by atoms with E-state index in [4.69, 9.17) is 18.9 Å². The summed E-state index contributed by atoms with van der Waals surface area (Å²) in [5, 5.41) is 10.2. The van der Waals surface area contributed by atoms with Gasteiger partial charge in [-0.05, 0) is 12.8 Å². The molecule has 1 N–H and O–H groups in total. The van der Waals surface area contributed by atoms with E-state index in [9.17, 15) is 14.7 Å². The van der Waals surface area contributed by atoms with Gasteiger partial charge in [-0.3, -0.25) is 9.59 Å². The molecule has 2 saturated heterocycles. The number of hydrogen-bond acceptors (Lipinski definition) is 7. The predicted molar refractivity (Wildman–Crippen MR) is 70.2 cm³/mol. The summed E-state index contributed by atoms with van der Waals surface area (Å²) < 4.78 is 21.3. The molecule has 0 aromatic heterocycles. The molecule has 5 atom stereocenters. The second-order valence-electron chi connectivity index (χ2n) is 5.28. The van der Waals surface area contributed by atoms with Crippen LogP contribution < -0.4 is 0 Å². The van der Waals surface area contributed by atoms with Gasteiger partial charge in [0.15, 0.2) is 18.5 Å². The van der Waals surface area contributed by atoms with Crippen molar-refractivity contribution >= 4 is 11.9 Å². The van der Waals surface area contributed by atoms with E-state index in [1.165, 1.54) is 0 Å². The van der Waals surface area contributed by atoms with E-state index in [2.05, 4.69) is 0 Å². The van der Waals surface area contributed by atoms with Gasteiger partial charge in [0.05, 0.1) is 6.61 Å². The van der Waals surface area contributed by atoms with Gasteiger partial charge < -0.3 is 24.1 Å². The molecular formula is C14H22O7. The number of ether oxygens (including phenoxy) is 4. The topological polar surface area (TPSA) is 91.3 Å². The largest absolute Gasteiger partial charge is 0.455 e. The van der Waals surface area contributed by atoms with Crippen LogP contribution in [0.3, 0.4) is 0 Å². The second-order valence-corrected chi connectivity index (χ2v) is 5.28. The smallest absolute Gasteiger partial charge is 0.306 e. The van der Waals surface area contributed by atoms with Gasteiger partial charge in [-0.1, -0.05) is 13.8 Å². The molecule has 2 aliphatic heterocycles. The van der Waals surface area contributed by atoms with Crippen LogP contribution in [-0.4, -0.2) is 54.4 Å². The van der Waals surface area contributed by atoms with Gasteiger partial charge in [0, 0.05) is 12.8 Å². The van der Waals surface area contributed by atoms with Gasteiger partial charge in [0.2, 0.25) is 0 Å². The summed E-state index contributed by atoms with van der Waals surface area (Å²) >= 11 is 0. The van der Waals surface area contributed by atoms with Crippen molar-refractivity contribution < 1.29 is 33.6 Å². The lowest BCUT2D eigenvalue weighted by molar-refractivity contribution is -0.244. The van der Waals surface area contributed by atoms with E-state index >= 15 is 0 Å². The molecule has 2 aliphatic rings. The summed E-state index contributed by atoms with van der Waals surface area (Å²) in [5.41, 5.74) is 0. The molecule has 0 aromatic rings. The van der Waals surface area contributed by atoms with E-state index in [1.54, 1.807) is 0 Å². The van der Waals surface area contributed by atoms with Gasteiger partial charge in [-0.15, -0.1) is 0 Å². The number of carbonyl (C=O) groups excluding carboxylic acids is 2. The van der Waals surface area contributed by atoms with Crippen molar-refractivity contribution in [2.75, 3.05) is 6.61 Å². The van der Waals surface area contributed by atoms with Crippen LogP contribution >= 0.6 is 0 Å². The lowest BCUT2D eigenvalue weighted by Crippen LogP contribution is -2.57. The van der Waals surface area contributed by atoms with Gasteiger partial charge in [0.25, 0.3) is 0 Å². The summed E-state index contributed by atoms with van der Waals surface area (Å²) in [7, 11) is 0. The molecule has 120 valence electrons. The van der Waals surface area contributed by atoms with E-state index in [0.29, 0.717) is 12.8 Å². The fraction of sp³-hybridized carbons (Fsp3) is 0.857. The van der Waals surface area contributed by atoms with Crippen molar-refractivity contribution in [1.29, 1.82) is 0 Å². The Kier molecular flexibility index (Phi) is 5.55. The zero-order valence-corrected chi connectivity index (χ0v) is 12.3. The molecule has 2 bridgehead atoms. The summed E-state index contributed by atoms with van der Waals surface area (Å²) in [6.45, 7) is 3.92. The molecule has 7 heteroatoms. The molecule has 0 radical (unpaired) electrons. The van der Waals surface area contributed by atoms with Crippen molar-refractivity contribution in [3.63, 3.8) is 0 Å². The highest BCUT2D eigenvalue weighted by molar-refractivity contribution is 5.70. The first-order chi connectivity index (χ1) is 10.1. The lowest BCUT2D eigenvalue weighted by atomic mass is 10.0. The van der Waals surface area contributed by atoms with Crippen LogP contribution in [-0.2, 0) is 28.5 Å². The number of aliphatic hydroxyl groups is 1. The molecule has 2 heterocycles. The predicted octanol–water partition coefficient (Wildman–Crippen LogP) is 0.526. The van der Waals surface area contributed by atoms with Crippen LogP contribution in [0.1, 0.15) is 39.5 Å². The zero-order chi connectivity index (χ0) is 15.4. The Labute approximate surface area is 123 Å². The standard InChI is InChI=1S/C14H22O7/c1-3-5-9(15)20-12-8-7-18-14(19-8)11(17)13(12)21-10(16)6-4-2/h8,11-14,17H,3-7H2,1-2H3/t8-,11-,12+,13-,14-/m1/s1. The highest BCUT2D eigenvalue weighted by Crippen LogP contribution is 2.32. The normalized spacial score (nSPS) is 34.5. The lowest BCUT2D eigenvalue weighted by Gasteiger charge is -2.37. The fourth-order valence-electron chi connectivity index (χ4n) is 2.46. The van der Waals surface area contributed by atoms with Gasteiger partial charge >= 0.3 is 11.9 Å². The van der Waals surface area contributed by atoms with Crippen LogP contribution in [0.5, 0.6) is 0 Å². The maximum atomic E-state index is 11.7. The minimum absolute atomic E-state index is 0.202. The van der Waals surface area contributed by atoms with Crippen molar-refractivity contribution in [2.24, 2.45) is 0 Å². The maximum absolute atomic E-state index is 11.7. The van der Waals surface area contributed by atoms with Crippen molar-refractivity contribution in [1.82, 2.24) is 0 Å². The van der Waals surface area contributed by atoms with Crippen LogP contribution in [0.4, 0.5) is 0 Å². The molecule has 2 rings (SSSR count).